The second kappa shape index (κ2) is 10.0. The average molecular weight is 502 g/mol. The van der Waals surface area contributed by atoms with Gasteiger partial charge in [0.25, 0.3) is 0 Å². The van der Waals surface area contributed by atoms with Crippen molar-refractivity contribution < 1.29 is 18.8 Å². The zero-order valence-corrected chi connectivity index (χ0v) is 18.6. The summed E-state index contributed by atoms with van der Waals surface area (Å²) in [5.41, 5.74) is 2.69. The number of carbonyl (C=O) groups excluding carboxylic acids is 2. The Kier molecular flexibility index (Phi) is 7.40. The van der Waals surface area contributed by atoms with Crippen LogP contribution in [0.15, 0.2) is 46.0 Å². The molecule has 0 saturated heterocycles. The normalized spacial score (nSPS) is 10.9. The quantitative estimate of drug-likeness (QED) is 0.257. The van der Waals surface area contributed by atoms with Gasteiger partial charge in [0, 0.05) is 11.1 Å². The van der Waals surface area contributed by atoms with E-state index in [1.165, 1.54) is 6.21 Å². The summed E-state index contributed by atoms with van der Waals surface area (Å²) < 4.78 is 9.89. The summed E-state index contributed by atoms with van der Waals surface area (Å²) in [4.78, 5) is 24.5. The molecule has 2 N–H and O–H groups in total. The molecule has 0 aliphatic carbocycles. The third-order valence-electron chi connectivity index (χ3n) is 3.87. The lowest BCUT2D eigenvalue weighted by Crippen LogP contribution is -2.25. The summed E-state index contributed by atoms with van der Waals surface area (Å²) in [5, 5.41) is 11.1. The number of hydrazone groups is 1. The number of hydrogen-bond acceptors (Lipinski definition) is 6. The molecule has 0 saturated carbocycles. The van der Waals surface area contributed by atoms with Crippen LogP contribution in [0.2, 0.25) is 20.1 Å². The molecule has 0 unspecified atom stereocenters. The third-order valence-corrected chi connectivity index (χ3v) is 5.16. The summed E-state index contributed by atoms with van der Waals surface area (Å²) in [6.07, 6.45) is 1.26. The maximum Gasteiger partial charge on any atom is 0.345 e. The Labute approximate surface area is 196 Å². The van der Waals surface area contributed by atoms with Crippen molar-refractivity contribution in [2.45, 2.75) is 0 Å². The van der Waals surface area contributed by atoms with Crippen LogP contribution in [-0.4, -0.2) is 30.5 Å². The largest absolute Gasteiger partial charge is 0.465 e. The molecule has 2 aromatic carbocycles. The van der Waals surface area contributed by atoms with E-state index in [1.54, 1.807) is 36.4 Å². The fourth-order valence-corrected chi connectivity index (χ4v) is 3.55. The van der Waals surface area contributed by atoms with E-state index in [0.717, 1.165) is 7.11 Å². The number of carbonyl (C=O) groups is 2. The molecule has 12 heteroatoms. The van der Waals surface area contributed by atoms with Crippen LogP contribution in [0.25, 0.3) is 11.3 Å². The van der Waals surface area contributed by atoms with Gasteiger partial charge >= 0.3 is 12.0 Å². The molecular weight excluding hydrogens is 490 g/mol. The molecule has 1 aromatic heterocycles. The summed E-state index contributed by atoms with van der Waals surface area (Å²) in [6, 6.07) is 8.82. The van der Waals surface area contributed by atoms with Gasteiger partial charge in [-0.3, -0.25) is 5.32 Å². The van der Waals surface area contributed by atoms with Gasteiger partial charge in [-0.15, -0.1) is 0 Å². The number of benzene rings is 2. The van der Waals surface area contributed by atoms with Crippen molar-refractivity contribution in [1.29, 1.82) is 0 Å². The summed E-state index contributed by atoms with van der Waals surface area (Å²) in [6.45, 7) is 0. The number of methoxy groups -OCH3 is 1. The van der Waals surface area contributed by atoms with Crippen LogP contribution in [-0.2, 0) is 4.74 Å². The van der Waals surface area contributed by atoms with E-state index in [0.29, 0.717) is 15.6 Å². The molecule has 31 heavy (non-hydrogen) atoms. The summed E-state index contributed by atoms with van der Waals surface area (Å²) >= 11 is 24.4. The highest BCUT2D eigenvalue weighted by molar-refractivity contribution is 6.39. The first-order valence-corrected chi connectivity index (χ1v) is 9.91. The number of nitrogens with one attached hydrogen (secondary N) is 2. The van der Waals surface area contributed by atoms with Crippen molar-refractivity contribution in [3.63, 3.8) is 0 Å². The van der Waals surface area contributed by atoms with E-state index >= 15 is 0 Å². The predicted octanol–water partition coefficient (Wildman–Crippen LogP) is 5.90. The van der Waals surface area contributed by atoms with E-state index < -0.39 is 12.0 Å². The van der Waals surface area contributed by atoms with Gasteiger partial charge in [-0.05, 0) is 24.3 Å². The lowest BCUT2D eigenvalue weighted by molar-refractivity contribution is 0.0602. The van der Waals surface area contributed by atoms with E-state index in [9.17, 15) is 9.59 Å². The summed E-state index contributed by atoms with van der Waals surface area (Å²) in [7, 11) is 1.16. The van der Waals surface area contributed by atoms with Gasteiger partial charge < -0.3 is 9.26 Å². The first-order valence-electron chi connectivity index (χ1n) is 8.40. The highest BCUT2D eigenvalue weighted by atomic mass is 35.5. The van der Waals surface area contributed by atoms with Crippen molar-refractivity contribution >= 4 is 70.5 Å². The van der Waals surface area contributed by atoms with Gasteiger partial charge in [-0.2, -0.15) is 5.10 Å². The Hall–Kier alpha value is -2.78. The maximum atomic E-state index is 12.3. The van der Waals surface area contributed by atoms with Gasteiger partial charge in [0.1, 0.15) is 5.69 Å². The molecule has 0 atom stereocenters. The molecule has 0 fully saturated rings. The van der Waals surface area contributed by atoms with Crippen molar-refractivity contribution in [2.24, 2.45) is 5.10 Å². The molecule has 3 rings (SSSR count). The Bertz CT molecular complexity index is 1140. The SMILES string of the molecule is COC(=O)c1c(-c2c(Cl)cccc2Cl)noc1NC(=O)N/N=C/c1c(Cl)cccc1Cl. The van der Waals surface area contributed by atoms with Gasteiger partial charge in [0.15, 0.2) is 5.56 Å². The van der Waals surface area contributed by atoms with Crippen LogP contribution >= 0.6 is 46.4 Å². The Balaban J connectivity index is 1.85. The zero-order chi connectivity index (χ0) is 22.5. The number of halogens is 4. The fourth-order valence-electron chi connectivity index (χ4n) is 2.48. The Morgan fingerprint density at radius 2 is 1.61 bits per heavy atom. The van der Waals surface area contributed by atoms with Gasteiger partial charge in [0.05, 0.1) is 33.4 Å². The van der Waals surface area contributed by atoms with Crippen LogP contribution in [0.3, 0.4) is 0 Å². The molecule has 0 aliphatic rings. The predicted molar refractivity (Wildman–Crippen MR) is 120 cm³/mol. The highest BCUT2D eigenvalue weighted by Crippen LogP contribution is 2.38. The minimum Gasteiger partial charge on any atom is -0.465 e. The summed E-state index contributed by atoms with van der Waals surface area (Å²) in [5.74, 6) is -1.12. The average Bonchev–Trinajstić information content (AvgIpc) is 3.12. The highest BCUT2D eigenvalue weighted by Gasteiger charge is 2.28. The molecule has 2 amide bonds. The molecular formula is C19H12Cl4N4O4. The molecule has 0 spiro atoms. The number of nitrogens with zero attached hydrogens (tertiary/aromatic N) is 2. The number of ether oxygens (including phenoxy) is 1. The number of aromatic nitrogens is 1. The van der Waals surface area contributed by atoms with E-state index in [2.05, 4.69) is 21.0 Å². The monoisotopic (exact) mass is 500 g/mol. The lowest BCUT2D eigenvalue weighted by Gasteiger charge is -2.06. The standard InChI is InChI=1S/C19H12Cl4N4O4/c1-30-18(28)15-16(14-12(22)6-3-7-13(14)23)27-31-17(15)25-19(29)26-24-8-9-10(20)4-2-5-11(9)21/h2-8H,1H3,(H2,25,26,29)/b24-8+. The van der Waals surface area contributed by atoms with Crippen LogP contribution < -0.4 is 10.7 Å². The van der Waals surface area contributed by atoms with Crippen LogP contribution in [0, 0.1) is 0 Å². The van der Waals surface area contributed by atoms with E-state index in [1.807, 2.05) is 0 Å². The smallest absolute Gasteiger partial charge is 0.345 e. The van der Waals surface area contributed by atoms with Gasteiger partial charge in [0.2, 0.25) is 5.88 Å². The van der Waals surface area contributed by atoms with Crippen LogP contribution in [0.4, 0.5) is 10.7 Å². The molecule has 160 valence electrons. The van der Waals surface area contributed by atoms with E-state index in [4.69, 9.17) is 55.7 Å². The third kappa shape index (κ3) is 5.11. The van der Waals surface area contributed by atoms with Gasteiger partial charge in [-0.25, -0.2) is 15.0 Å². The molecule has 1 heterocycles. The second-order valence-corrected chi connectivity index (χ2v) is 7.41. The van der Waals surface area contributed by atoms with Crippen LogP contribution in [0.5, 0.6) is 0 Å². The number of hydrogen-bond donors (Lipinski definition) is 2. The van der Waals surface area contributed by atoms with Crippen molar-refractivity contribution in [3.8, 4) is 11.3 Å². The molecule has 3 aromatic rings. The number of rotatable bonds is 5. The van der Waals surface area contributed by atoms with Crippen molar-refractivity contribution in [2.75, 3.05) is 12.4 Å². The zero-order valence-electron chi connectivity index (χ0n) is 15.6. The molecule has 0 radical (unpaired) electrons. The minimum atomic E-state index is -0.836. The second-order valence-electron chi connectivity index (χ2n) is 5.78. The minimum absolute atomic E-state index is 0.00380. The van der Waals surface area contributed by atoms with Crippen LogP contribution in [0.1, 0.15) is 15.9 Å². The number of esters is 1. The first kappa shape index (κ1) is 22.9. The topological polar surface area (TPSA) is 106 Å². The van der Waals surface area contributed by atoms with E-state index in [-0.39, 0.29) is 32.8 Å². The first-order chi connectivity index (χ1) is 14.8. The molecule has 8 nitrogen and oxygen atoms in total. The maximum absolute atomic E-state index is 12.3. The number of urea groups is 1. The lowest BCUT2D eigenvalue weighted by atomic mass is 10.1. The fraction of sp³-hybridized carbons (Fsp3) is 0.0526. The van der Waals surface area contributed by atoms with Crippen molar-refractivity contribution in [3.05, 3.63) is 67.6 Å². The van der Waals surface area contributed by atoms with Crippen molar-refractivity contribution in [1.82, 2.24) is 10.6 Å². The Morgan fingerprint density at radius 3 is 2.19 bits per heavy atom. The molecule has 0 bridgehead atoms. The van der Waals surface area contributed by atoms with Gasteiger partial charge in [-0.1, -0.05) is 63.7 Å². The Morgan fingerprint density at radius 1 is 1.03 bits per heavy atom. The number of amides is 2. The molecule has 0 aliphatic heterocycles. The number of anilines is 1.